The molecule has 0 radical (unpaired) electrons. The molecule has 0 spiro atoms. The van der Waals surface area contributed by atoms with Gasteiger partial charge in [0.05, 0.1) is 17.0 Å². The number of rotatable bonds is 3. The van der Waals surface area contributed by atoms with Gasteiger partial charge >= 0.3 is 0 Å². The van der Waals surface area contributed by atoms with Crippen molar-refractivity contribution in [1.29, 1.82) is 0 Å². The first-order valence-corrected chi connectivity index (χ1v) is 5.29. The van der Waals surface area contributed by atoms with Crippen LogP contribution in [0.3, 0.4) is 0 Å². The summed E-state index contributed by atoms with van der Waals surface area (Å²) in [5.74, 6) is 1.94. The van der Waals surface area contributed by atoms with Gasteiger partial charge in [0.15, 0.2) is 0 Å². The van der Waals surface area contributed by atoms with Gasteiger partial charge in [-0.3, -0.25) is 14.9 Å². The van der Waals surface area contributed by atoms with Crippen LogP contribution in [0.25, 0.3) is 0 Å². The van der Waals surface area contributed by atoms with E-state index in [4.69, 9.17) is 6.42 Å². The number of carbonyl (C=O) groups is 1. The minimum absolute atomic E-state index is 0.0436. The van der Waals surface area contributed by atoms with Crippen molar-refractivity contribution in [2.24, 2.45) is 0 Å². The summed E-state index contributed by atoms with van der Waals surface area (Å²) in [6.07, 6.45) is 5.00. The van der Waals surface area contributed by atoms with Crippen LogP contribution in [-0.2, 0) is 0 Å². The van der Waals surface area contributed by atoms with Gasteiger partial charge in [0.2, 0.25) is 0 Å². The topological polar surface area (TPSA) is 72.2 Å². The van der Waals surface area contributed by atoms with Gasteiger partial charge in [-0.2, -0.15) is 0 Å². The summed E-state index contributed by atoms with van der Waals surface area (Å²) in [5, 5.41) is 13.0. The third-order valence-corrected chi connectivity index (χ3v) is 2.65. The molecule has 6 heteroatoms. The maximum Gasteiger partial charge on any atom is 0.270 e. The standard InChI is InChI=1S/C10H7IN2O3/c1-2-5-12-10(14)8-4-3-7(13(15)16)6-9(8)11/h1,3-4,6H,5H2,(H,12,14). The van der Waals surface area contributed by atoms with Gasteiger partial charge in [0.1, 0.15) is 0 Å². The second-order valence-electron chi connectivity index (χ2n) is 2.81. The molecule has 0 heterocycles. The first kappa shape index (κ1) is 12.4. The molecule has 0 unspecified atom stereocenters. The highest BCUT2D eigenvalue weighted by atomic mass is 127. The van der Waals surface area contributed by atoms with Gasteiger partial charge in [-0.05, 0) is 28.7 Å². The van der Waals surface area contributed by atoms with Crippen molar-refractivity contribution < 1.29 is 9.72 Å². The van der Waals surface area contributed by atoms with Crippen molar-refractivity contribution in [3.63, 3.8) is 0 Å². The highest BCUT2D eigenvalue weighted by Gasteiger charge is 2.13. The van der Waals surface area contributed by atoms with Gasteiger partial charge in [-0.1, -0.05) is 5.92 Å². The lowest BCUT2D eigenvalue weighted by Gasteiger charge is -2.03. The number of terminal acetylenes is 1. The number of hydrogen-bond acceptors (Lipinski definition) is 3. The second kappa shape index (κ2) is 5.46. The van der Waals surface area contributed by atoms with Crippen LogP contribution >= 0.6 is 22.6 Å². The van der Waals surface area contributed by atoms with Crippen molar-refractivity contribution in [2.45, 2.75) is 0 Å². The lowest BCUT2D eigenvalue weighted by atomic mass is 10.2. The Hall–Kier alpha value is -1.62. The Morgan fingerprint density at radius 3 is 2.81 bits per heavy atom. The van der Waals surface area contributed by atoms with Crippen molar-refractivity contribution in [2.75, 3.05) is 6.54 Å². The average molecular weight is 330 g/mol. The van der Waals surface area contributed by atoms with Gasteiger partial charge in [0, 0.05) is 15.7 Å². The Labute approximate surface area is 106 Å². The Balaban J connectivity index is 2.95. The number of nitro benzene ring substituents is 1. The molecule has 82 valence electrons. The third-order valence-electron chi connectivity index (χ3n) is 1.76. The molecular formula is C10H7IN2O3. The van der Waals surface area contributed by atoms with Crippen molar-refractivity contribution in [3.8, 4) is 12.3 Å². The zero-order chi connectivity index (χ0) is 12.1. The number of benzene rings is 1. The molecule has 1 aromatic carbocycles. The molecule has 0 saturated carbocycles. The van der Waals surface area contributed by atoms with E-state index >= 15 is 0 Å². The molecule has 1 aromatic rings. The summed E-state index contributed by atoms with van der Waals surface area (Å²) in [6.45, 7) is 0.131. The molecule has 0 aliphatic heterocycles. The van der Waals surface area contributed by atoms with E-state index in [1.807, 2.05) is 22.6 Å². The minimum atomic E-state index is -0.509. The molecule has 0 fully saturated rings. The van der Waals surface area contributed by atoms with Gasteiger partial charge in [-0.25, -0.2) is 0 Å². The summed E-state index contributed by atoms with van der Waals surface area (Å²) in [6, 6.07) is 4.03. The number of nitrogens with one attached hydrogen (secondary N) is 1. The van der Waals surface area contributed by atoms with E-state index < -0.39 is 4.92 Å². The molecule has 16 heavy (non-hydrogen) atoms. The van der Waals surface area contributed by atoms with E-state index in [1.165, 1.54) is 18.2 Å². The first-order valence-electron chi connectivity index (χ1n) is 4.22. The lowest BCUT2D eigenvalue weighted by Crippen LogP contribution is -2.24. The largest absolute Gasteiger partial charge is 0.341 e. The molecule has 0 saturated heterocycles. The van der Waals surface area contributed by atoms with E-state index in [0.29, 0.717) is 9.13 Å². The third kappa shape index (κ3) is 2.93. The summed E-state index contributed by atoms with van der Waals surface area (Å²) in [7, 11) is 0. The van der Waals surface area contributed by atoms with Crippen LogP contribution in [-0.4, -0.2) is 17.4 Å². The van der Waals surface area contributed by atoms with Crippen molar-refractivity contribution in [3.05, 3.63) is 37.4 Å². The number of non-ortho nitro benzene ring substituents is 1. The summed E-state index contributed by atoms with van der Waals surface area (Å²) < 4.78 is 0.515. The van der Waals surface area contributed by atoms with E-state index in [9.17, 15) is 14.9 Å². The predicted octanol–water partition coefficient (Wildman–Crippen LogP) is 1.56. The summed E-state index contributed by atoms with van der Waals surface area (Å²) in [5.41, 5.74) is 0.333. The van der Waals surface area contributed by atoms with E-state index in [1.54, 1.807) is 0 Å². The fourth-order valence-corrected chi connectivity index (χ4v) is 1.77. The number of nitro groups is 1. The number of carbonyl (C=O) groups excluding carboxylic acids is 1. The van der Waals surface area contributed by atoms with Crippen LogP contribution in [0.4, 0.5) is 5.69 Å². The number of halogens is 1. The average Bonchev–Trinajstić information content (AvgIpc) is 2.25. The smallest absolute Gasteiger partial charge is 0.270 e. The molecule has 5 nitrogen and oxygen atoms in total. The Bertz CT molecular complexity index is 479. The number of nitrogens with zero attached hydrogens (tertiary/aromatic N) is 1. The first-order chi connectivity index (χ1) is 7.56. The summed E-state index contributed by atoms with van der Waals surface area (Å²) in [4.78, 5) is 21.5. The van der Waals surface area contributed by atoms with Crippen LogP contribution in [0, 0.1) is 26.0 Å². The molecule has 0 aliphatic rings. The summed E-state index contributed by atoms with van der Waals surface area (Å²) >= 11 is 1.87. The molecule has 0 atom stereocenters. The Morgan fingerprint density at radius 1 is 1.62 bits per heavy atom. The monoisotopic (exact) mass is 330 g/mol. The van der Waals surface area contributed by atoms with Gasteiger partial charge in [-0.15, -0.1) is 6.42 Å². The van der Waals surface area contributed by atoms with E-state index in [0.717, 1.165) is 0 Å². The number of hydrogen-bond donors (Lipinski definition) is 1. The molecule has 1 rings (SSSR count). The Morgan fingerprint density at radius 2 is 2.31 bits per heavy atom. The highest BCUT2D eigenvalue weighted by molar-refractivity contribution is 14.1. The maximum absolute atomic E-state index is 11.5. The number of amides is 1. The lowest BCUT2D eigenvalue weighted by molar-refractivity contribution is -0.384. The second-order valence-corrected chi connectivity index (χ2v) is 3.97. The van der Waals surface area contributed by atoms with Crippen LogP contribution in [0.5, 0.6) is 0 Å². The normalized spacial score (nSPS) is 9.25. The SMILES string of the molecule is C#CCNC(=O)c1ccc([N+](=O)[O-])cc1I. The van der Waals surface area contributed by atoms with Crippen LogP contribution in [0.1, 0.15) is 10.4 Å². The van der Waals surface area contributed by atoms with Crippen molar-refractivity contribution >= 4 is 34.2 Å². The maximum atomic E-state index is 11.5. The molecule has 0 aliphatic carbocycles. The molecule has 1 amide bonds. The minimum Gasteiger partial charge on any atom is -0.341 e. The van der Waals surface area contributed by atoms with Gasteiger partial charge < -0.3 is 5.32 Å². The van der Waals surface area contributed by atoms with Crippen LogP contribution in [0.2, 0.25) is 0 Å². The molecule has 1 N–H and O–H groups in total. The Kier molecular flexibility index (Phi) is 4.25. The fraction of sp³-hybridized carbons (Fsp3) is 0.100. The zero-order valence-electron chi connectivity index (χ0n) is 8.07. The van der Waals surface area contributed by atoms with Crippen LogP contribution in [0.15, 0.2) is 18.2 Å². The van der Waals surface area contributed by atoms with Crippen LogP contribution < -0.4 is 5.32 Å². The quantitative estimate of drug-likeness (QED) is 0.396. The highest BCUT2D eigenvalue weighted by Crippen LogP contribution is 2.19. The molecule has 0 aromatic heterocycles. The fourth-order valence-electron chi connectivity index (χ4n) is 1.03. The predicted molar refractivity (Wildman–Crippen MR) is 67.0 cm³/mol. The van der Waals surface area contributed by atoms with Gasteiger partial charge in [0.25, 0.3) is 11.6 Å². The zero-order valence-corrected chi connectivity index (χ0v) is 10.2. The van der Waals surface area contributed by atoms with Crippen molar-refractivity contribution in [1.82, 2.24) is 5.32 Å². The molecular weight excluding hydrogens is 323 g/mol. The van der Waals surface area contributed by atoms with E-state index in [-0.39, 0.29) is 18.1 Å². The molecule has 0 bridgehead atoms. The van der Waals surface area contributed by atoms with E-state index in [2.05, 4.69) is 11.2 Å².